The highest BCUT2D eigenvalue weighted by atomic mass is 79.9. The van der Waals surface area contributed by atoms with Crippen LogP contribution >= 0.6 is 38.6 Å². The van der Waals surface area contributed by atoms with E-state index in [9.17, 15) is 0 Å². The highest BCUT2D eigenvalue weighted by Gasteiger charge is 2.19. The number of nitrogens with one attached hydrogen (secondary N) is 1. The molecule has 0 aromatic carbocycles. The Labute approximate surface area is 111 Å². The molecule has 0 radical (unpaired) electrons. The number of rotatable bonds is 2. The van der Waals surface area contributed by atoms with Gasteiger partial charge in [0.1, 0.15) is 5.01 Å². The Morgan fingerprint density at radius 3 is 3.06 bits per heavy atom. The van der Waals surface area contributed by atoms with Gasteiger partial charge in [-0.2, -0.15) is 0 Å². The molecule has 1 saturated heterocycles. The average molecular weight is 315 g/mol. The fourth-order valence-electron chi connectivity index (χ4n) is 1.91. The summed E-state index contributed by atoms with van der Waals surface area (Å²) in [6, 6.07) is 4.69. The second-order valence-electron chi connectivity index (χ2n) is 3.82. The Kier molecular flexibility index (Phi) is 3.11. The summed E-state index contributed by atoms with van der Waals surface area (Å²) in [7, 11) is 0. The van der Waals surface area contributed by atoms with Crippen LogP contribution in [0, 0.1) is 0 Å². The topological polar surface area (TPSA) is 24.9 Å². The van der Waals surface area contributed by atoms with E-state index in [-0.39, 0.29) is 0 Å². The lowest BCUT2D eigenvalue weighted by molar-refractivity contribution is 0.643. The first-order valence-electron chi connectivity index (χ1n) is 5.27. The minimum Gasteiger partial charge on any atom is -0.308 e. The van der Waals surface area contributed by atoms with Gasteiger partial charge in [-0.1, -0.05) is 0 Å². The lowest BCUT2D eigenvalue weighted by Crippen LogP contribution is -2.12. The number of thiophene rings is 1. The van der Waals surface area contributed by atoms with E-state index in [1.54, 1.807) is 22.7 Å². The molecule has 1 atom stereocenters. The Balaban J connectivity index is 1.87. The van der Waals surface area contributed by atoms with Gasteiger partial charge in [-0.25, -0.2) is 4.98 Å². The van der Waals surface area contributed by atoms with Crippen molar-refractivity contribution in [1.29, 1.82) is 0 Å². The first kappa shape index (κ1) is 10.9. The molecule has 1 N–H and O–H groups in total. The van der Waals surface area contributed by atoms with Crippen LogP contribution in [0.25, 0.3) is 10.6 Å². The van der Waals surface area contributed by atoms with Gasteiger partial charge in [0.05, 0.1) is 20.4 Å². The zero-order valence-electron chi connectivity index (χ0n) is 8.57. The zero-order chi connectivity index (χ0) is 11.0. The smallest absolute Gasteiger partial charge is 0.110 e. The summed E-state index contributed by atoms with van der Waals surface area (Å²) in [6.45, 7) is 1.13. The Hall–Kier alpha value is -0.230. The van der Waals surface area contributed by atoms with Gasteiger partial charge in [0.15, 0.2) is 0 Å². The predicted octanol–water partition coefficient (Wildman–Crippen LogP) is 4.06. The maximum atomic E-state index is 4.72. The number of nitrogens with zero attached hydrogens (tertiary/aromatic N) is 1. The van der Waals surface area contributed by atoms with Gasteiger partial charge >= 0.3 is 0 Å². The molecule has 1 fully saturated rings. The van der Waals surface area contributed by atoms with Gasteiger partial charge in [0.2, 0.25) is 0 Å². The summed E-state index contributed by atoms with van der Waals surface area (Å²) in [5, 5.41) is 6.88. The molecule has 16 heavy (non-hydrogen) atoms. The number of hydrogen-bond acceptors (Lipinski definition) is 4. The zero-order valence-corrected chi connectivity index (χ0v) is 11.8. The van der Waals surface area contributed by atoms with Crippen molar-refractivity contribution in [3.8, 4) is 10.6 Å². The molecule has 1 aliphatic rings. The van der Waals surface area contributed by atoms with Crippen molar-refractivity contribution in [2.24, 2.45) is 0 Å². The van der Waals surface area contributed by atoms with Crippen LogP contribution < -0.4 is 5.32 Å². The molecular weight excluding hydrogens is 304 g/mol. The fourth-order valence-corrected chi connectivity index (χ4v) is 4.26. The number of halogens is 1. The van der Waals surface area contributed by atoms with E-state index in [1.807, 2.05) is 0 Å². The van der Waals surface area contributed by atoms with Crippen LogP contribution in [0.15, 0.2) is 21.3 Å². The molecule has 2 aromatic heterocycles. The third-order valence-electron chi connectivity index (χ3n) is 2.71. The van der Waals surface area contributed by atoms with E-state index in [4.69, 9.17) is 4.98 Å². The largest absolute Gasteiger partial charge is 0.308 e. The van der Waals surface area contributed by atoms with Crippen LogP contribution in [0.3, 0.4) is 0 Å². The maximum Gasteiger partial charge on any atom is 0.110 e. The highest BCUT2D eigenvalue weighted by Crippen LogP contribution is 2.34. The second kappa shape index (κ2) is 4.56. The minimum absolute atomic E-state index is 0.488. The predicted molar refractivity (Wildman–Crippen MR) is 73.1 cm³/mol. The van der Waals surface area contributed by atoms with Crippen LogP contribution in [-0.4, -0.2) is 11.5 Å². The highest BCUT2D eigenvalue weighted by molar-refractivity contribution is 9.11. The number of hydrogen-bond donors (Lipinski definition) is 1. The molecule has 2 nitrogen and oxygen atoms in total. The molecule has 2 aromatic rings. The van der Waals surface area contributed by atoms with Crippen LogP contribution in [0.2, 0.25) is 0 Å². The standard InChI is InChI=1S/C11H11BrN2S2/c12-10-4-3-9(16-10)8-6-15-11(14-8)7-2-1-5-13-7/h3-4,6-7,13H,1-2,5H2. The third kappa shape index (κ3) is 2.09. The molecule has 5 heteroatoms. The van der Waals surface area contributed by atoms with E-state index in [2.05, 4.69) is 38.8 Å². The van der Waals surface area contributed by atoms with E-state index >= 15 is 0 Å². The SMILES string of the molecule is Brc1ccc(-c2csc(C3CCCN3)n2)s1. The molecule has 0 amide bonds. The van der Waals surface area contributed by atoms with Crippen molar-refractivity contribution in [3.05, 3.63) is 26.3 Å². The lowest BCUT2D eigenvalue weighted by Gasteiger charge is -2.04. The molecule has 0 bridgehead atoms. The van der Waals surface area contributed by atoms with Crippen molar-refractivity contribution < 1.29 is 0 Å². The van der Waals surface area contributed by atoms with Crippen LogP contribution in [0.5, 0.6) is 0 Å². The Morgan fingerprint density at radius 2 is 2.38 bits per heavy atom. The van der Waals surface area contributed by atoms with Crippen molar-refractivity contribution in [3.63, 3.8) is 0 Å². The van der Waals surface area contributed by atoms with Gasteiger partial charge in [0, 0.05) is 5.38 Å². The summed E-state index contributed by atoms with van der Waals surface area (Å²) < 4.78 is 1.16. The maximum absolute atomic E-state index is 4.72. The Bertz CT molecular complexity index is 486. The quantitative estimate of drug-likeness (QED) is 0.904. The van der Waals surface area contributed by atoms with Crippen molar-refractivity contribution in [1.82, 2.24) is 10.3 Å². The van der Waals surface area contributed by atoms with Crippen LogP contribution in [-0.2, 0) is 0 Å². The minimum atomic E-state index is 0.488. The van der Waals surface area contributed by atoms with E-state index in [1.165, 1.54) is 22.7 Å². The fraction of sp³-hybridized carbons (Fsp3) is 0.364. The molecule has 0 spiro atoms. The molecule has 0 saturated carbocycles. The normalized spacial score (nSPS) is 20.4. The summed E-state index contributed by atoms with van der Waals surface area (Å²) in [5.41, 5.74) is 1.12. The first-order valence-corrected chi connectivity index (χ1v) is 7.76. The molecule has 3 heterocycles. The summed E-state index contributed by atoms with van der Waals surface area (Å²) in [5.74, 6) is 0. The molecule has 1 unspecified atom stereocenters. The lowest BCUT2D eigenvalue weighted by atomic mass is 10.2. The summed E-state index contributed by atoms with van der Waals surface area (Å²) in [6.07, 6.45) is 2.49. The molecule has 0 aliphatic carbocycles. The van der Waals surface area contributed by atoms with Gasteiger partial charge < -0.3 is 5.32 Å². The van der Waals surface area contributed by atoms with Crippen LogP contribution in [0.4, 0.5) is 0 Å². The van der Waals surface area contributed by atoms with Gasteiger partial charge in [-0.3, -0.25) is 0 Å². The molecule has 3 rings (SSSR count). The monoisotopic (exact) mass is 314 g/mol. The van der Waals surface area contributed by atoms with E-state index < -0.39 is 0 Å². The average Bonchev–Trinajstić information content (AvgIpc) is 2.97. The molecule has 84 valence electrons. The van der Waals surface area contributed by atoms with Crippen molar-refractivity contribution >= 4 is 38.6 Å². The first-order chi connectivity index (χ1) is 7.83. The second-order valence-corrected chi connectivity index (χ2v) is 7.18. The van der Waals surface area contributed by atoms with Gasteiger partial charge in [0.25, 0.3) is 0 Å². The summed E-state index contributed by atoms with van der Waals surface area (Å²) >= 11 is 6.99. The number of aromatic nitrogens is 1. The van der Waals surface area contributed by atoms with E-state index in [0.29, 0.717) is 6.04 Å². The van der Waals surface area contributed by atoms with Crippen LogP contribution in [0.1, 0.15) is 23.9 Å². The molecule has 1 aliphatic heterocycles. The third-order valence-corrected chi connectivity index (χ3v) is 5.31. The summed E-state index contributed by atoms with van der Waals surface area (Å²) in [4.78, 5) is 5.96. The molecular formula is C11H11BrN2S2. The van der Waals surface area contributed by atoms with Crippen molar-refractivity contribution in [2.45, 2.75) is 18.9 Å². The van der Waals surface area contributed by atoms with Crippen molar-refractivity contribution in [2.75, 3.05) is 6.54 Å². The number of thiazole rings is 1. The van der Waals surface area contributed by atoms with Gasteiger partial charge in [-0.15, -0.1) is 22.7 Å². The Morgan fingerprint density at radius 1 is 1.44 bits per heavy atom. The van der Waals surface area contributed by atoms with E-state index in [0.717, 1.165) is 16.0 Å². The van der Waals surface area contributed by atoms with Gasteiger partial charge in [-0.05, 0) is 47.4 Å².